The van der Waals surface area contributed by atoms with Crippen LogP contribution in [0, 0.1) is 12.7 Å². The Bertz CT molecular complexity index is 1500. The molecule has 2 aromatic carbocycles. The zero-order chi connectivity index (χ0) is 30.1. The van der Waals surface area contributed by atoms with Gasteiger partial charge in [0.2, 0.25) is 5.95 Å². The van der Waals surface area contributed by atoms with Gasteiger partial charge < -0.3 is 25.2 Å². The number of benzene rings is 2. The molecule has 2 fully saturated rings. The second-order valence-electron chi connectivity index (χ2n) is 11.8. The molecule has 2 saturated heterocycles. The zero-order valence-corrected chi connectivity index (χ0v) is 26.6. The number of nitrogens with one attached hydrogen (secondary N) is 2. The number of aromatic nitrogens is 2. The highest BCUT2D eigenvalue weighted by Gasteiger charge is 2.28. The van der Waals surface area contributed by atoms with Crippen LogP contribution in [0.25, 0.3) is 0 Å². The van der Waals surface area contributed by atoms with Crippen molar-refractivity contribution in [3.63, 3.8) is 0 Å². The van der Waals surface area contributed by atoms with Crippen LogP contribution in [-0.2, 0) is 6.42 Å². The number of hydrogen-bond donors (Lipinski definition) is 2. The molecular weight excluding hydrogens is 613 g/mol. The molecule has 0 unspecified atom stereocenters. The first kappa shape index (κ1) is 29.8. The number of piperazine rings is 1. The van der Waals surface area contributed by atoms with Gasteiger partial charge in [0.05, 0.1) is 23.0 Å². The standard InChI is InChI=1S/C32H39BrFN7O2/c1-20-15-25(29(43-3)18-27(20)41-9-7-23(8-10-41)40-13-11-39(2)12-14-40)37-32-35-19-24(33)31(38-32)36-26-17-22(34)16-21-5-4-6-28(42)30(21)26/h15-19,23H,4-14H2,1-3H3,(H2,35,36,37,38). The molecule has 1 aromatic heterocycles. The van der Waals surface area contributed by atoms with E-state index in [9.17, 15) is 9.18 Å². The van der Waals surface area contributed by atoms with Crippen LogP contribution in [-0.4, -0.2) is 85.0 Å². The minimum atomic E-state index is -0.386. The van der Waals surface area contributed by atoms with Crippen LogP contribution in [0.3, 0.4) is 0 Å². The summed E-state index contributed by atoms with van der Waals surface area (Å²) in [6.45, 7) is 8.77. The Hall–Kier alpha value is -3.28. The van der Waals surface area contributed by atoms with Gasteiger partial charge in [-0.2, -0.15) is 4.98 Å². The Morgan fingerprint density at radius 2 is 1.77 bits per heavy atom. The molecule has 0 atom stereocenters. The van der Waals surface area contributed by atoms with Crippen molar-refractivity contribution in [2.24, 2.45) is 0 Å². The maximum absolute atomic E-state index is 14.4. The van der Waals surface area contributed by atoms with Gasteiger partial charge in [0.1, 0.15) is 17.4 Å². The Balaban J connectivity index is 1.18. The van der Waals surface area contributed by atoms with E-state index in [-0.39, 0.29) is 11.6 Å². The van der Waals surface area contributed by atoms with Gasteiger partial charge in [-0.3, -0.25) is 9.69 Å². The van der Waals surface area contributed by atoms with E-state index in [2.05, 4.69) is 77.3 Å². The maximum atomic E-state index is 14.4. The van der Waals surface area contributed by atoms with E-state index in [1.807, 2.05) is 0 Å². The number of Topliss-reactive ketones (excluding diaryl/α,β-unsaturated/α-hetero) is 1. The Morgan fingerprint density at radius 3 is 2.51 bits per heavy atom. The molecule has 9 nitrogen and oxygen atoms in total. The number of ether oxygens (including phenoxy) is 1. The number of anilines is 5. The molecule has 6 rings (SSSR count). The first-order chi connectivity index (χ1) is 20.8. The smallest absolute Gasteiger partial charge is 0.229 e. The van der Waals surface area contributed by atoms with Gasteiger partial charge in [0.15, 0.2) is 5.78 Å². The van der Waals surface area contributed by atoms with E-state index in [0.29, 0.717) is 52.1 Å². The number of carbonyl (C=O) groups excluding carboxylic acids is 1. The van der Waals surface area contributed by atoms with E-state index in [1.54, 1.807) is 13.3 Å². The molecule has 2 N–H and O–H groups in total. The van der Waals surface area contributed by atoms with Crippen LogP contribution in [0.4, 0.5) is 33.2 Å². The van der Waals surface area contributed by atoms with E-state index < -0.39 is 0 Å². The van der Waals surface area contributed by atoms with Crippen molar-refractivity contribution in [3.05, 3.63) is 57.4 Å². The van der Waals surface area contributed by atoms with Crippen molar-refractivity contribution in [2.45, 2.75) is 45.1 Å². The Kier molecular flexibility index (Phi) is 8.83. The monoisotopic (exact) mass is 651 g/mol. The molecule has 0 spiro atoms. The van der Waals surface area contributed by atoms with Gasteiger partial charge in [-0.15, -0.1) is 0 Å². The van der Waals surface area contributed by atoms with E-state index in [0.717, 1.165) is 75.3 Å². The minimum absolute atomic E-state index is 0.0103. The molecule has 1 aliphatic carbocycles. The highest BCUT2D eigenvalue weighted by atomic mass is 79.9. The Morgan fingerprint density at radius 1 is 1.00 bits per heavy atom. The molecule has 228 valence electrons. The van der Waals surface area contributed by atoms with Crippen molar-refractivity contribution < 1.29 is 13.9 Å². The molecule has 3 aromatic rings. The summed E-state index contributed by atoms with van der Waals surface area (Å²) in [5.74, 6) is 1.10. The fourth-order valence-corrected chi connectivity index (χ4v) is 6.85. The summed E-state index contributed by atoms with van der Waals surface area (Å²) >= 11 is 3.50. The average molecular weight is 653 g/mol. The lowest BCUT2D eigenvalue weighted by Gasteiger charge is -2.43. The quantitative estimate of drug-likeness (QED) is 0.323. The lowest BCUT2D eigenvalue weighted by atomic mass is 9.89. The fraction of sp³-hybridized carbons (Fsp3) is 0.469. The van der Waals surface area contributed by atoms with Crippen LogP contribution >= 0.6 is 15.9 Å². The Labute approximate surface area is 260 Å². The van der Waals surface area contributed by atoms with Crippen molar-refractivity contribution in [1.29, 1.82) is 0 Å². The number of likely N-dealkylation sites (N-methyl/N-ethyl adjacent to an activating group) is 1. The largest absolute Gasteiger partial charge is 0.494 e. The van der Waals surface area contributed by atoms with Crippen LogP contribution in [0.1, 0.15) is 47.2 Å². The van der Waals surface area contributed by atoms with Crippen molar-refractivity contribution in [3.8, 4) is 5.75 Å². The van der Waals surface area contributed by atoms with Crippen LogP contribution in [0.15, 0.2) is 34.9 Å². The molecular formula is C32H39BrFN7O2. The zero-order valence-electron chi connectivity index (χ0n) is 25.1. The number of hydrogen-bond acceptors (Lipinski definition) is 9. The number of fused-ring (bicyclic) bond motifs is 1. The van der Waals surface area contributed by atoms with Gasteiger partial charge in [0, 0.05) is 75.2 Å². The summed E-state index contributed by atoms with van der Waals surface area (Å²) in [6.07, 6.45) is 5.81. The van der Waals surface area contributed by atoms with Crippen LogP contribution in [0.2, 0.25) is 0 Å². The van der Waals surface area contributed by atoms with Gasteiger partial charge in [-0.05, 0) is 84.9 Å². The molecule has 3 heterocycles. The van der Waals surface area contributed by atoms with Crippen molar-refractivity contribution >= 4 is 50.5 Å². The molecule has 0 bridgehead atoms. The lowest BCUT2D eigenvalue weighted by molar-refractivity contribution is 0.0973. The number of piperidine rings is 1. The lowest BCUT2D eigenvalue weighted by Crippen LogP contribution is -2.52. The highest BCUT2D eigenvalue weighted by molar-refractivity contribution is 9.10. The predicted molar refractivity (Wildman–Crippen MR) is 172 cm³/mol. The molecule has 3 aliphatic rings. The molecule has 11 heteroatoms. The summed E-state index contributed by atoms with van der Waals surface area (Å²) in [4.78, 5) is 29.3. The second-order valence-corrected chi connectivity index (χ2v) is 12.7. The number of carbonyl (C=O) groups is 1. The molecule has 0 saturated carbocycles. The third-order valence-corrected chi connectivity index (χ3v) is 9.52. The maximum Gasteiger partial charge on any atom is 0.229 e. The normalized spacial score (nSPS) is 18.4. The highest BCUT2D eigenvalue weighted by Crippen LogP contribution is 2.37. The number of ketones is 1. The van der Waals surface area contributed by atoms with E-state index in [1.165, 1.54) is 17.8 Å². The first-order valence-electron chi connectivity index (χ1n) is 15.1. The van der Waals surface area contributed by atoms with E-state index in [4.69, 9.17) is 4.74 Å². The van der Waals surface area contributed by atoms with Gasteiger partial charge in [-0.25, -0.2) is 9.37 Å². The fourth-order valence-electron chi connectivity index (χ4n) is 6.56. The molecule has 0 amide bonds. The van der Waals surface area contributed by atoms with Crippen molar-refractivity contribution in [2.75, 3.05) is 69.0 Å². The minimum Gasteiger partial charge on any atom is -0.494 e. The van der Waals surface area contributed by atoms with Crippen LogP contribution < -0.4 is 20.3 Å². The number of methoxy groups -OCH3 is 1. The second kappa shape index (κ2) is 12.8. The molecule has 2 aliphatic heterocycles. The SMILES string of the molecule is COc1cc(N2CCC(N3CCN(C)CC3)CC2)c(C)cc1Nc1ncc(Br)c(Nc2cc(F)cc3c2C(=O)CCC3)n1. The summed E-state index contributed by atoms with van der Waals surface area (Å²) in [5, 5.41) is 6.48. The van der Waals surface area contributed by atoms with E-state index >= 15 is 0 Å². The third kappa shape index (κ3) is 6.49. The number of aryl methyl sites for hydroxylation is 2. The third-order valence-electron chi connectivity index (χ3n) is 8.93. The summed E-state index contributed by atoms with van der Waals surface area (Å²) < 4.78 is 20.8. The van der Waals surface area contributed by atoms with Crippen LogP contribution in [0.5, 0.6) is 5.75 Å². The van der Waals surface area contributed by atoms with Crippen molar-refractivity contribution in [1.82, 2.24) is 19.8 Å². The van der Waals surface area contributed by atoms with Gasteiger partial charge in [0.25, 0.3) is 0 Å². The first-order valence-corrected chi connectivity index (χ1v) is 15.9. The summed E-state index contributed by atoms with van der Waals surface area (Å²) in [6, 6.07) is 7.62. The topological polar surface area (TPSA) is 85.9 Å². The van der Waals surface area contributed by atoms with Gasteiger partial charge >= 0.3 is 0 Å². The number of halogens is 2. The number of nitrogens with zero attached hydrogens (tertiary/aromatic N) is 5. The average Bonchev–Trinajstić information content (AvgIpc) is 2.99. The van der Waals surface area contributed by atoms with Gasteiger partial charge in [-0.1, -0.05) is 0 Å². The molecule has 43 heavy (non-hydrogen) atoms. The number of rotatable bonds is 7. The summed E-state index contributed by atoms with van der Waals surface area (Å²) in [5.41, 5.74) is 4.75. The predicted octanol–water partition coefficient (Wildman–Crippen LogP) is 5.92. The molecule has 0 radical (unpaired) electrons. The summed E-state index contributed by atoms with van der Waals surface area (Å²) in [7, 11) is 3.87.